The zero-order valence-corrected chi connectivity index (χ0v) is 13.1. The van der Waals surface area contributed by atoms with Crippen molar-refractivity contribution in [1.82, 2.24) is 14.9 Å². The molecule has 0 aliphatic carbocycles. The highest BCUT2D eigenvalue weighted by Crippen LogP contribution is 2.13. The van der Waals surface area contributed by atoms with Crippen LogP contribution in [0.25, 0.3) is 0 Å². The summed E-state index contributed by atoms with van der Waals surface area (Å²) in [6.45, 7) is 1.56. The lowest BCUT2D eigenvalue weighted by Gasteiger charge is -2.23. The van der Waals surface area contributed by atoms with Crippen LogP contribution in [0.1, 0.15) is 17.5 Å². The van der Waals surface area contributed by atoms with E-state index < -0.39 is 6.10 Å². The summed E-state index contributed by atoms with van der Waals surface area (Å²) in [7, 11) is 0. The van der Waals surface area contributed by atoms with Gasteiger partial charge in [0.05, 0.1) is 11.1 Å². The van der Waals surface area contributed by atoms with Crippen molar-refractivity contribution in [3.05, 3.63) is 58.6 Å². The highest BCUT2D eigenvalue weighted by Gasteiger charge is 2.16. The van der Waals surface area contributed by atoms with Gasteiger partial charge in [0.2, 0.25) is 0 Å². The average molecular weight is 352 g/mol. The Hall–Kier alpha value is -1.34. The zero-order chi connectivity index (χ0) is 15.1. The molecule has 0 aliphatic heterocycles. The maximum Gasteiger partial charge on any atom is 0.158 e. The molecule has 0 saturated heterocycles. The quantitative estimate of drug-likeness (QED) is 0.795. The Morgan fingerprint density at radius 3 is 2.43 bits per heavy atom. The van der Waals surface area contributed by atoms with E-state index in [2.05, 4.69) is 25.9 Å². The minimum atomic E-state index is -0.784. The number of aliphatic hydroxyl groups is 2. The molecule has 2 rings (SSSR count). The van der Waals surface area contributed by atoms with E-state index in [4.69, 9.17) is 0 Å². The lowest BCUT2D eigenvalue weighted by atomic mass is 10.2. The van der Waals surface area contributed by atoms with Crippen molar-refractivity contribution >= 4 is 15.9 Å². The predicted molar refractivity (Wildman–Crippen MR) is 83.5 cm³/mol. The van der Waals surface area contributed by atoms with E-state index in [-0.39, 0.29) is 6.61 Å². The van der Waals surface area contributed by atoms with Crippen LogP contribution in [0.15, 0.2) is 47.2 Å². The van der Waals surface area contributed by atoms with Gasteiger partial charge in [-0.15, -0.1) is 0 Å². The molecule has 1 aromatic heterocycles. The molecular formula is C15H18BrN3O2. The monoisotopic (exact) mass is 351 g/mol. The molecule has 0 aliphatic rings. The normalized spacial score (nSPS) is 12.6. The van der Waals surface area contributed by atoms with Crippen molar-refractivity contribution in [2.45, 2.75) is 12.6 Å². The van der Waals surface area contributed by atoms with Crippen molar-refractivity contribution in [2.75, 3.05) is 19.7 Å². The number of halogens is 1. The second-order valence-electron chi connectivity index (χ2n) is 4.72. The first-order valence-electron chi connectivity index (χ1n) is 6.71. The Balaban J connectivity index is 2.00. The van der Waals surface area contributed by atoms with Crippen LogP contribution in [0.2, 0.25) is 0 Å². The molecule has 112 valence electrons. The first-order chi connectivity index (χ1) is 10.2. The van der Waals surface area contributed by atoms with Gasteiger partial charge in [-0.2, -0.15) is 0 Å². The van der Waals surface area contributed by atoms with E-state index in [1.54, 1.807) is 12.4 Å². The summed E-state index contributed by atoms with van der Waals surface area (Å²) < 4.78 is 0.773. The van der Waals surface area contributed by atoms with Gasteiger partial charge in [0.15, 0.2) is 5.82 Å². The van der Waals surface area contributed by atoms with E-state index in [9.17, 15) is 10.2 Å². The largest absolute Gasteiger partial charge is 0.395 e. The van der Waals surface area contributed by atoms with Crippen LogP contribution in [0.4, 0.5) is 0 Å². The molecule has 2 N–H and O–H groups in total. The fraction of sp³-hybridized carbons (Fsp3) is 0.333. The predicted octanol–water partition coefficient (Wildman–Crippen LogP) is 1.77. The zero-order valence-electron chi connectivity index (χ0n) is 11.6. The Labute approximate surface area is 132 Å². The molecule has 0 saturated carbocycles. The second kappa shape index (κ2) is 8.19. The Morgan fingerprint density at radius 1 is 1.14 bits per heavy atom. The van der Waals surface area contributed by atoms with E-state index >= 15 is 0 Å². The van der Waals surface area contributed by atoms with E-state index in [1.807, 2.05) is 35.2 Å². The minimum absolute atomic E-state index is 0.0424. The Morgan fingerprint density at radius 2 is 1.81 bits per heavy atom. The molecule has 1 heterocycles. The molecule has 0 spiro atoms. The number of rotatable bonds is 7. The van der Waals surface area contributed by atoms with E-state index in [0.717, 1.165) is 10.0 Å². The number of nitrogens with zero attached hydrogens (tertiary/aromatic N) is 3. The lowest BCUT2D eigenvalue weighted by molar-refractivity contribution is 0.0899. The standard InChI is InChI=1S/C15H18BrN3O2/c16-13-8-17-15(18-9-13)14(21)11-19(6-7-20)10-12-4-2-1-3-5-12/h1-5,8-9,14,20-21H,6-7,10-11H2/t14-/m1/s1. The molecule has 0 radical (unpaired) electrons. The number of benzene rings is 1. The second-order valence-corrected chi connectivity index (χ2v) is 5.64. The van der Waals surface area contributed by atoms with Gasteiger partial charge in [-0.3, -0.25) is 4.90 Å². The van der Waals surface area contributed by atoms with E-state index in [0.29, 0.717) is 25.5 Å². The third-order valence-electron chi connectivity index (χ3n) is 3.03. The van der Waals surface area contributed by atoms with Crippen LogP contribution in [0.5, 0.6) is 0 Å². The summed E-state index contributed by atoms with van der Waals surface area (Å²) >= 11 is 3.26. The molecule has 5 nitrogen and oxygen atoms in total. The van der Waals surface area contributed by atoms with Crippen molar-refractivity contribution in [2.24, 2.45) is 0 Å². The van der Waals surface area contributed by atoms with Crippen molar-refractivity contribution in [3.8, 4) is 0 Å². The minimum Gasteiger partial charge on any atom is -0.395 e. The van der Waals surface area contributed by atoms with Gasteiger partial charge >= 0.3 is 0 Å². The molecule has 21 heavy (non-hydrogen) atoms. The Bertz CT molecular complexity index is 536. The van der Waals surface area contributed by atoms with Crippen molar-refractivity contribution in [3.63, 3.8) is 0 Å². The number of hydrogen-bond acceptors (Lipinski definition) is 5. The van der Waals surface area contributed by atoms with Crippen LogP contribution in [0.3, 0.4) is 0 Å². The summed E-state index contributed by atoms with van der Waals surface area (Å²) in [4.78, 5) is 10.2. The number of hydrogen-bond donors (Lipinski definition) is 2. The van der Waals surface area contributed by atoms with Crippen LogP contribution < -0.4 is 0 Å². The molecule has 0 amide bonds. The molecule has 0 unspecified atom stereocenters. The smallest absolute Gasteiger partial charge is 0.158 e. The SMILES string of the molecule is OCCN(Cc1ccccc1)C[C@@H](O)c1ncc(Br)cn1. The van der Waals surface area contributed by atoms with Crippen LogP contribution in [-0.4, -0.2) is 44.8 Å². The summed E-state index contributed by atoms with van der Waals surface area (Å²) in [6.07, 6.45) is 2.44. The van der Waals surface area contributed by atoms with Gasteiger partial charge in [0.25, 0.3) is 0 Å². The third kappa shape index (κ3) is 5.17. The molecule has 0 bridgehead atoms. The third-order valence-corrected chi connectivity index (χ3v) is 3.44. The fourth-order valence-corrected chi connectivity index (χ4v) is 2.24. The average Bonchev–Trinajstić information content (AvgIpc) is 2.49. The lowest BCUT2D eigenvalue weighted by Crippen LogP contribution is -2.31. The maximum absolute atomic E-state index is 10.2. The van der Waals surface area contributed by atoms with Gasteiger partial charge in [-0.1, -0.05) is 30.3 Å². The molecular weight excluding hydrogens is 334 g/mol. The highest BCUT2D eigenvalue weighted by atomic mass is 79.9. The van der Waals surface area contributed by atoms with Crippen molar-refractivity contribution < 1.29 is 10.2 Å². The number of aliphatic hydroxyl groups excluding tert-OH is 2. The topological polar surface area (TPSA) is 69.5 Å². The van der Waals surface area contributed by atoms with Gasteiger partial charge in [-0.25, -0.2) is 9.97 Å². The summed E-state index contributed by atoms with van der Waals surface area (Å²) in [5, 5.41) is 19.4. The van der Waals surface area contributed by atoms with Crippen LogP contribution in [0, 0.1) is 0 Å². The molecule has 6 heteroatoms. The Kier molecular flexibility index (Phi) is 6.25. The van der Waals surface area contributed by atoms with Crippen LogP contribution in [-0.2, 0) is 6.54 Å². The van der Waals surface area contributed by atoms with Gasteiger partial charge in [0, 0.05) is 32.0 Å². The van der Waals surface area contributed by atoms with Gasteiger partial charge in [-0.05, 0) is 21.5 Å². The van der Waals surface area contributed by atoms with Gasteiger partial charge < -0.3 is 10.2 Å². The summed E-state index contributed by atoms with van der Waals surface area (Å²) in [5.41, 5.74) is 1.13. The number of aromatic nitrogens is 2. The maximum atomic E-state index is 10.2. The van der Waals surface area contributed by atoms with E-state index in [1.165, 1.54) is 0 Å². The summed E-state index contributed by atoms with van der Waals surface area (Å²) in [6, 6.07) is 9.95. The first-order valence-corrected chi connectivity index (χ1v) is 7.51. The molecule has 0 fully saturated rings. The first kappa shape index (κ1) is 16.0. The molecule has 1 atom stereocenters. The van der Waals surface area contributed by atoms with Crippen molar-refractivity contribution in [1.29, 1.82) is 0 Å². The summed E-state index contributed by atoms with van der Waals surface area (Å²) in [5.74, 6) is 0.384. The fourth-order valence-electron chi connectivity index (χ4n) is 2.04. The highest BCUT2D eigenvalue weighted by molar-refractivity contribution is 9.10. The van der Waals surface area contributed by atoms with Crippen LogP contribution >= 0.6 is 15.9 Å². The van der Waals surface area contributed by atoms with Gasteiger partial charge in [0.1, 0.15) is 6.10 Å². The molecule has 1 aromatic carbocycles. The molecule has 2 aromatic rings.